The molecule has 2 aromatic carbocycles. The highest BCUT2D eigenvalue weighted by Gasteiger charge is 2.13. The van der Waals surface area contributed by atoms with Crippen molar-refractivity contribution in [3.63, 3.8) is 0 Å². The number of benzene rings is 2. The Bertz CT molecular complexity index is 1020. The summed E-state index contributed by atoms with van der Waals surface area (Å²) in [5, 5.41) is 15.1. The van der Waals surface area contributed by atoms with Crippen molar-refractivity contribution in [1.82, 2.24) is 25.2 Å². The number of nitrogens with zero attached hydrogens (tertiary/aromatic N) is 5. The molecule has 7 nitrogen and oxygen atoms in total. The predicted molar refractivity (Wildman–Crippen MR) is 96.5 cm³/mol. The van der Waals surface area contributed by atoms with Gasteiger partial charge in [-0.2, -0.15) is 0 Å². The average Bonchev–Trinajstić information content (AvgIpc) is 3.27. The van der Waals surface area contributed by atoms with Crippen LogP contribution in [-0.4, -0.2) is 31.1 Å². The number of hydrogen-bond acceptors (Lipinski definition) is 6. The molecule has 0 atom stereocenters. The first-order valence-corrected chi connectivity index (χ1v) is 8.60. The van der Waals surface area contributed by atoms with Crippen LogP contribution < -0.4 is 5.32 Å². The SMILES string of the molecule is CCn1nnnc1-c1cccc(C(=O)Nc2nc3ccccc3s2)c1. The van der Waals surface area contributed by atoms with E-state index in [1.807, 2.05) is 43.3 Å². The second kappa shape index (κ2) is 6.40. The van der Waals surface area contributed by atoms with Gasteiger partial charge < -0.3 is 0 Å². The number of nitrogens with one attached hydrogen (secondary N) is 1. The van der Waals surface area contributed by atoms with Crippen molar-refractivity contribution >= 4 is 32.6 Å². The molecule has 0 bridgehead atoms. The average molecular weight is 350 g/mol. The number of para-hydroxylation sites is 1. The van der Waals surface area contributed by atoms with Crippen molar-refractivity contribution in [3.05, 3.63) is 54.1 Å². The second-order valence-electron chi connectivity index (χ2n) is 5.34. The highest BCUT2D eigenvalue weighted by Crippen LogP contribution is 2.26. The fourth-order valence-corrected chi connectivity index (χ4v) is 3.38. The molecule has 0 saturated heterocycles. The summed E-state index contributed by atoms with van der Waals surface area (Å²) in [7, 11) is 0. The number of thiazole rings is 1. The van der Waals surface area contributed by atoms with Gasteiger partial charge in [-0.15, -0.1) is 5.10 Å². The van der Waals surface area contributed by atoms with Gasteiger partial charge in [-0.1, -0.05) is 35.6 Å². The topological polar surface area (TPSA) is 85.6 Å². The van der Waals surface area contributed by atoms with E-state index in [9.17, 15) is 4.79 Å². The molecule has 124 valence electrons. The van der Waals surface area contributed by atoms with Crippen LogP contribution in [0.4, 0.5) is 5.13 Å². The summed E-state index contributed by atoms with van der Waals surface area (Å²) in [6.07, 6.45) is 0. The minimum atomic E-state index is -0.212. The fourth-order valence-electron chi connectivity index (χ4n) is 2.52. The first-order valence-electron chi connectivity index (χ1n) is 7.78. The lowest BCUT2D eigenvalue weighted by Gasteiger charge is -2.05. The number of carbonyl (C=O) groups is 1. The van der Waals surface area contributed by atoms with E-state index < -0.39 is 0 Å². The molecule has 25 heavy (non-hydrogen) atoms. The number of aromatic nitrogens is 5. The summed E-state index contributed by atoms with van der Waals surface area (Å²) in [5.74, 6) is 0.425. The third-order valence-electron chi connectivity index (χ3n) is 3.73. The largest absolute Gasteiger partial charge is 0.298 e. The highest BCUT2D eigenvalue weighted by molar-refractivity contribution is 7.22. The molecule has 1 N–H and O–H groups in total. The molecule has 2 heterocycles. The van der Waals surface area contributed by atoms with Gasteiger partial charge in [0.15, 0.2) is 11.0 Å². The minimum absolute atomic E-state index is 0.212. The molecule has 0 fully saturated rings. The molecular weight excluding hydrogens is 336 g/mol. The van der Waals surface area contributed by atoms with Gasteiger partial charge in [-0.3, -0.25) is 10.1 Å². The van der Waals surface area contributed by atoms with Gasteiger partial charge in [-0.25, -0.2) is 9.67 Å². The summed E-state index contributed by atoms with van der Waals surface area (Å²) in [6.45, 7) is 2.62. The molecule has 8 heteroatoms. The van der Waals surface area contributed by atoms with E-state index in [-0.39, 0.29) is 5.91 Å². The van der Waals surface area contributed by atoms with Crippen molar-refractivity contribution in [2.75, 3.05) is 5.32 Å². The van der Waals surface area contributed by atoms with E-state index in [1.54, 1.807) is 16.8 Å². The van der Waals surface area contributed by atoms with Crippen LogP contribution in [0, 0.1) is 0 Å². The highest BCUT2D eigenvalue weighted by atomic mass is 32.1. The molecule has 0 aliphatic rings. The van der Waals surface area contributed by atoms with Crippen LogP contribution in [0.3, 0.4) is 0 Å². The standard InChI is InChI=1S/C17H14N6OS/c1-2-23-15(20-21-22-23)11-6-5-7-12(10-11)16(24)19-17-18-13-8-3-4-9-14(13)25-17/h3-10H,2H2,1H3,(H,18,19,24). The zero-order chi connectivity index (χ0) is 17.2. The van der Waals surface area contributed by atoms with Crippen LogP contribution in [0.2, 0.25) is 0 Å². The van der Waals surface area contributed by atoms with Crippen molar-refractivity contribution in [3.8, 4) is 11.4 Å². The summed E-state index contributed by atoms with van der Waals surface area (Å²) in [4.78, 5) is 17.0. The van der Waals surface area contributed by atoms with Gasteiger partial charge in [-0.05, 0) is 41.6 Å². The Kier molecular flexibility index (Phi) is 3.95. The van der Waals surface area contributed by atoms with E-state index in [0.717, 1.165) is 15.8 Å². The number of rotatable bonds is 4. The molecule has 0 spiro atoms. The smallest absolute Gasteiger partial charge is 0.257 e. The monoisotopic (exact) mass is 350 g/mol. The number of tetrazole rings is 1. The lowest BCUT2D eigenvalue weighted by atomic mass is 10.1. The van der Waals surface area contributed by atoms with Crippen LogP contribution in [-0.2, 0) is 6.54 Å². The van der Waals surface area contributed by atoms with E-state index in [1.165, 1.54) is 11.3 Å². The maximum atomic E-state index is 12.6. The van der Waals surface area contributed by atoms with Gasteiger partial charge in [0, 0.05) is 17.7 Å². The third-order valence-corrected chi connectivity index (χ3v) is 4.68. The quantitative estimate of drug-likeness (QED) is 0.611. The summed E-state index contributed by atoms with van der Waals surface area (Å²) in [6, 6.07) is 15.0. The van der Waals surface area contributed by atoms with Crippen LogP contribution in [0.5, 0.6) is 0 Å². The third kappa shape index (κ3) is 2.99. The maximum absolute atomic E-state index is 12.6. The number of aryl methyl sites for hydroxylation is 1. The van der Waals surface area contributed by atoms with Gasteiger partial charge in [0.2, 0.25) is 0 Å². The summed E-state index contributed by atoms with van der Waals surface area (Å²) < 4.78 is 2.72. The minimum Gasteiger partial charge on any atom is -0.298 e. The summed E-state index contributed by atoms with van der Waals surface area (Å²) >= 11 is 1.45. The van der Waals surface area contributed by atoms with Crippen LogP contribution >= 0.6 is 11.3 Å². The first kappa shape index (κ1) is 15.4. The molecule has 1 amide bonds. The Morgan fingerprint density at radius 1 is 1.20 bits per heavy atom. The maximum Gasteiger partial charge on any atom is 0.257 e. The molecule has 0 saturated carbocycles. The fraction of sp³-hybridized carbons (Fsp3) is 0.118. The Labute approximate surface area is 147 Å². The molecule has 0 radical (unpaired) electrons. The normalized spacial score (nSPS) is 10.9. The second-order valence-corrected chi connectivity index (χ2v) is 6.37. The molecule has 2 aromatic heterocycles. The molecule has 0 aliphatic heterocycles. The number of hydrogen-bond donors (Lipinski definition) is 1. The van der Waals surface area contributed by atoms with Crippen molar-refractivity contribution in [1.29, 1.82) is 0 Å². The van der Waals surface area contributed by atoms with Crippen LogP contribution in [0.25, 0.3) is 21.6 Å². The van der Waals surface area contributed by atoms with E-state index in [2.05, 4.69) is 25.8 Å². The van der Waals surface area contributed by atoms with Crippen LogP contribution in [0.15, 0.2) is 48.5 Å². The van der Waals surface area contributed by atoms with E-state index in [0.29, 0.717) is 23.1 Å². The Morgan fingerprint density at radius 3 is 2.92 bits per heavy atom. The predicted octanol–water partition coefficient (Wildman–Crippen LogP) is 3.22. The zero-order valence-corrected chi connectivity index (χ0v) is 14.2. The molecule has 0 aliphatic carbocycles. The number of amides is 1. The van der Waals surface area contributed by atoms with E-state index >= 15 is 0 Å². The van der Waals surface area contributed by atoms with Crippen LogP contribution in [0.1, 0.15) is 17.3 Å². The number of carbonyl (C=O) groups excluding carboxylic acids is 1. The van der Waals surface area contributed by atoms with Crippen molar-refractivity contribution in [2.24, 2.45) is 0 Å². The molecular formula is C17H14N6OS. The van der Waals surface area contributed by atoms with Crippen molar-refractivity contribution in [2.45, 2.75) is 13.5 Å². The Morgan fingerprint density at radius 2 is 2.08 bits per heavy atom. The van der Waals surface area contributed by atoms with Gasteiger partial charge in [0.05, 0.1) is 10.2 Å². The Balaban J connectivity index is 1.61. The Hall–Kier alpha value is -3.13. The van der Waals surface area contributed by atoms with E-state index in [4.69, 9.17) is 0 Å². The number of fused-ring (bicyclic) bond motifs is 1. The molecule has 4 rings (SSSR count). The van der Waals surface area contributed by atoms with Gasteiger partial charge in [0.1, 0.15) is 0 Å². The number of anilines is 1. The lowest BCUT2D eigenvalue weighted by molar-refractivity contribution is 0.102. The lowest BCUT2D eigenvalue weighted by Crippen LogP contribution is -2.11. The van der Waals surface area contributed by atoms with Crippen molar-refractivity contribution < 1.29 is 4.79 Å². The molecule has 4 aromatic rings. The zero-order valence-electron chi connectivity index (χ0n) is 13.4. The summed E-state index contributed by atoms with van der Waals surface area (Å²) in [5.41, 5.74) is 2.20. The first-order chi connectivity index (χ1) is 12.2. The molecule has 0 unspecified atom stereocenters. The van der Waals surface area contributed by atoms with Gasteiger partial charge in [0.25, 0.3) is 5.91 Å². The van der Waals surface area contributed by atoms with Gasteiger partial charge >= 0.3 is 0 Å².